The van der Waals surface area contributed by atoms with E-state index >= 15 is 0 Å². The molecule has 1 fully saturated rings. The minimum absolute atomic E-state index is 0.317. The maximum atomic E-state index is 11.5. The highest BCUT2D eigenvalue weighted by Gasteiger charge is 2.30. The molecule has 2 N–H and O–H groups in total. The van der Waals surface area contributed by atoms with Crippen LogP contribution in [-0.2, 0) is 9.53 Å². The SMILES string of the molecule is CCN(CCC(C)(N)C(=O)OC)C1CCCCC1. The van der Waals surface area contributed by atoms with Gasteiger partial charge in [0.25, 0.3) is 0 Å². The fraction of sp³-hybridized carbons (Fsp3) is 0.929. The lowest BCUT2D eigenvalue weighted by Gasteiger charge is -2.35. The molecule has 0 radical (unpaired) electrons. The zero-order valence-electron chi connectivity index (χ0n) is 12.1. The number of ether oxygens (including phenoxy) is 1. The van der Waals surface area contributed by atoms with Crippen LogP contribution in [-0.4, -0.2) is 42.6 Å². The third-order valence-corrected chi connectivity index (χ3v) is 4.07. The van der Waals surface area contributed by atoms with Crippen LogP contribution in [0.1, 0.15) is 52.4 Å². The van der Waals surface area contributed by atoms with E-state index in [4.69, 9.17) is 10.5 Å². The third-order valence-electron chi connectivity index (χ3n) is 4.07. The number of methoxy groups -OCH3 is 1. The van der Waals surface area contributed by atoms with Gasteiger partial charge in [-0.2, -0.15) is 0 Å². The second-order valence-corrected chi connectivity index (χ2v) is 5.58. The Morgan fingerprint density at radius 2 is 2.00 bits per heavy atom. The summed E-state index contributed by atoms with van der Waals surface area (Å²) in [6.07, 6.45) is 7.26. The quantitative estimate of drug-likeness (QED) is 0.738. The van der Waals surface area contributed by atoms with Crippen LogP contribution in [0.5, 0.6) is 0 Å². The minimum atomic E-state index is -0.864. The Bertz CT molecular complexity index is 261. The normalized spacial score (nSPS) is 20.7. The van der Waals surface area contributed by atoms with E-state index in [1.54, 1.807) is 6.92 Å². The van der Waals surface area contributed by atoms with Crippen LogP contribution in [0.4, 0.5) is 0 Å². The van der Waals surface area contributed by atoms with E-state index < -0.39 is 5.54 Å². The van der Waals surface area contributed by atoms with Gasteiger partial charge in [-0.05, 0) is 32.7 Å². The molecule has 1 atom stereocenters. The molecule has 0 aromatic carbocycles. The van der Waals surface area contributed by atoms with Crippen molar-refractivity contribution in [3.8, 4) is 0 Å². The fourth-order valence-corrected chi connectivity index (χ4v) is 2.76. The van der Waals surface area contributed by atoms with Crippen LogP contribution < -0.4 is 5.73 Å². The summed E-state index contributed by atoms with van der Waals surface area (Å²) in [6, 6.07) is 0.678. The van der Waals surface area contributed by atoms with Crippen molar-refractivity contribution in [1.29, 1.82) is 0 Å². The molecule has 0 heterocycles. The number of carbonyl (C=O) groups is 1. The van der Waals surface area contributed by atoms with Crippen LogP contribution in [0.15, 0.2) is 0 Å². The van der Waals surface area contributed by atoms with E-state index in [1.807, 2.05) is 0 Å². The van der Waals surface area contributed by atoms with E-state index in [-0.39, 0.29) is 5.97 Å². The van der Waals surface area contributed by atoms with Crippen LogP contribution >= 0.6 is 0 Å². The van der Waals surface area contributed by atoms with E-state index in [1.165, 1.54) is 39.2 Å². The molecule has 0 aromatic rings. The molecule has 0 bridgehead atoms. The summed E-state index contributed by atoms with van der Waals surface area (Å²) in [5.41, 5.74) is 5.14. The average Bonchev–Trinajstić information content (AvgIpc) is 2.39. The smallest absolute Gasteiger partial charge is 0.325 e. The van der Waals surface area contributed by atoms with Crippen molar-refractivity contribution in [3.63, 3.8) is 0 Å². The molecule has 1 saturated carbocycles. The van der Waals surface area contributed by atoms with Crippen molar-refractivity contribution in [2.45, 2.75) is 64.0 Å². The molecule has 1 aliphatic rings. The van der Waals surface area contributed by atoms with Gasteiger partial charge in [0.05, 0.1) is 7.11 Å². The maximum Gasteiger partial charge on any atom is 0.325 e. The van der Waals surface area contributed by atoms with Crippen molar-refractivity contribution in [2.24, 2.45) is 5.73 Å². The van der Waals surface area contributed by atoms with Gasteiger partial charge >= 0.3 is 5.97 Å². The van der Waals surface area contributed by atoms with Crippen LogP contribution in [0.25, 0.3) is 0 Å². The molecule has 0 aromatic heterocycles. The Morgan fingerprint density at radius 1 is 1.39 bits per heavy atom. The van der Waals surface area contributed by atoms with Crippen molar-refractivity contribution in [1.82, 2.24) is 4.90 Å². The Morgan fingerprint density at radius 3 is 2.50 bits per heavy atom. The maximum absolute atomic E-state index is 11.5. The molecular formula is C14H28N2O2. The van der Waals surface area contributed by atoms with Gasteiger partial charge in [-0.25, -0.2) is 0 Å². The van der Waals surface area contributed by atoms with Gasteiger partial charge in [0.15, 0.2) is 0 Å². The molecule has 1 aliphatic carbocycles. The second-order valence-electron chi connectivity index (χ2n) is 5.58. The lowest BCUT2D eigenvalue weighted by molar-refractivity contribution is -0.146. The van der Waals surface area contributed by atoms with E-state index in [2.05, 4.69) is 11.8 Å². The van der Waals surface area contributed by atoms with Crippen molar-refractivity contribution in [3.05, 3.63) is 0 Å². The van der Waals surface area contributed by atoms with Crippen LogP contribution in [0.3, 0.4) is 0 Å². The minimum Gasteiger partial charge on any atom is -0.468 e. The van der Waals surface area contributed by atoms with E-state index in [9.17, 15) is 4.79 Å². The molecule has 0 amide bonds. The topological polar surface area (TPSA) is 55.6 Å². The Kier molecular flexibility index (Phi) is 6.09. The fourth-order valence-electron chi connectivity index (χ4n) is 2.76. The summed E-state index contributed by atoms with van der Waals surface area (Å²) < 4.78 is 4.74. The van der Waals surface area contributed by atoms with E-state index in [0.717, 1.165) is 13.1 Å². The van der Waals surface area contributed by atoms with Crippen LogP contribution in [0, 0.1) is 0 Å². The molecule has 1 unspecified atom stereocenters. The number of hydrogen-bond acceptors (Lipinski definition) is 4. The summed E-state index contributed by atoms with van der Waals surface area (Å²) >= 11 is 0. The molecular weight excluding hydrogens is 228 g/mol. The first-order valence-corrected chi connectivity index (χ1v) is 7.12. The number of rotatable bonds is 6. The summed E-state index contributed by atoms with van der Waals surface area (Å²) in [7, 11) is 1.40. The first-order valence-electron chi connectivity index (χ1n) is 7.12. The number of carbonyl (C=O) groups excluding carboxylic acids is 1. The number of esters is 1. The van der Waals surface area contributed by atoms with Crippen molar-refractivity contribution < 1.29 is 9.53 Å². The molecule has 0 spiro atoms. The lowest BCUT2D eigenvalue weighted by atomic mass is 9.93. The average molecular weight is 256 g/mol. The number of nitrogens with two attached hydrogens (primary N) is 1. The molecule has 1 rings (SSSR count). The molecule has 106 valence electrons. The second kappa shape index (κ2) is 7.10. The predicted molar refractivity (Wildman–Crippen MR) is 73.3 cm³/mol. The van der Waals surface area contributed by atoms with Crippen molar-refractivity contribution >= 4 is 5.97 Å². The largest absolute Gasteiger partial charge is 0.468 e. The Balaban J connectivity index is 2.45. The van der Waals surface area contributed by atoms with E-state index in [0.29, 0.717) is 12.5 Å². The zero-order valence-corrected chi connectivity index (χ0v) is 12.1. The first-order chi connectivity index (χ1) is 8.51. The Hall–Kier alpha value is -0.610. The highest BCUT2D eigenvalue weighted by molar-refractivity contribution is 5.79. The summed E-state index contributed by atoms with van der Waals surface area (Å²) in [5.74, 6) is -0.317. The molecule has 18 heavy (non-hydrogen) atoms. The summed E-state index contributed by atoms with van der Waals surface area (Å²) in [6.45, 7) is 5.85. The van der Waals surface area contributed by atoms with Crippen LogP contribution in [0.2, 0.25) is 0 Å². The van der Waals surface area contributed by atoms with Gasteiger partial charge in [-0.1, -0.05) is 26.2 Å². The van der Waals surface area contributed by atoms with Gasteiger partial charge in [0, 0.05) is 12.6 Å². The van der Waals surface area contributed by atoms with Gasteiger partial charge in [-0.15, -0.1) is 0 Å². The first kappa shape index (κ1) is 15.4. The number of nitrogens with zero attached hydrogens (tertiary/aromatic N) is 1. The standard InChI is InChI=1S/C14H28N2O2/c1-4-16(12-8-6-5-7-9-12)11-10-14(2,15)13(17)18-3/h12H,4-11,15H2,1-3H3. The predicted octanol–water partition coefficient (Wildman–Crippen LogP) is 1.92. The van der Waals surface area contributed by atoms with Gasteiger partial charge in [0.1, 0.15) is 5.54 Å². The van der Waals surface area contributed by atoms with Gasteiger partial charge < -0.3 is 15.4 Å². The Labute approximate surface area is 111 Å². The highest BCUT2D eigenvalue weighted by atomic mass is 16.5. The zero-order chi connectivity index (χ0) is 13.6. The molecule has 4 nitrogen and oxygen atoms in total. The van der Waals surface area contributed by atoms with Crippen molar-refractivity contribution in [2.75, 3.05) is 20.2 Å². The monoisotopic (exact) mass is 256 g/mol. The lowest BCUT2D eigenvalue weighted by Crippen LogP contribution is -2.49. The summed E-state index contributed by atoms with van der Waals surface area (Å²) in [5, 5.41) is 0. The highest BCUT2D eigenvalue weighted by Crippen LogP contribution is 2.23. The number of hydrogen-bond donors (Lipinski definition) is 1. The van der Waals surface area contributed by atoms with Gasteiger partial charge in [-0.3, -0.25) is 4.79 Å². The van der Waals surface area contributed by atoms with Gasteiger partial charge in [0.2, 0.25) is 0 Å². The molecule has 0 saturated heterocycles. The third kappa shape index (κ3) is 4.25. The molecule has 4 heteroatoms. The molecule has 0 aliphatic heterocycles. The summed E-state index contributed by atoms with van der Waals surface area (Å²) in [4.78, 5) is 14.0.